The van der Waals surface area contributed by atoms with Crippen molar-refractivity contribution in [1.29, 1.82) is 0 Å². The lowest BCUT2D eigenvalue weighted by Crippen LogP contribution is -2.26. The van der Waals surface area contributed by atoms with E-state index in [-0.39, 0.29) is 0 Å². The summed E-state index contributed by atoms with van der Waals surface area (Å²) in [6.07, 6.45) is 0.424. The highest BCUT2D eigenvalue weighted by atomic mass is 31.2. The molecule has 0 saturated heterocycles. The van der Waals surface area contributed by atoms with Crippen LogP contribution in [0, 0.1) is 0 Å². The Bertz CT molecular complexity index is 789. The average molecular weight is 351 g/mol. The minimum absolute atomic E-state index is 0.424. The first-order valence-electron chi connectivity index (χ1n) is 8.26. The summed E-state index contributed by atoms with van der Waals surface area (Å²) in [6.45, 7) is 0.660. The number of methoxy groups -OCH3 is 1. The van der Waals surface area contributed by atoms with Gasteiger partial charge in [0.2, 0.25) is 0 Å². The fourth-order valence-corrected chi connectivity index (χ4v) is 5.17. The maximum absolute atomic E-state index is 13.8. The van der Waals surface area contributed by atoms with Gasteiger partial charge < -0.3 is 14.6 Å². The molecule has 4 heteroatoms. The van der Waals surface area contributed by atoms with E-state index in [0.29, 0.717) is 12.8 Å². The third-order valence-electron chi connectivity index (χ3n) is 4.17. The first-order chi connectivity index (χ1) is 12.2. The molecule has 0 aliphatic carbocycles. The third kappa shape index (κ3) is 4.19. The van der Waals surface area contributed by atoms with Crippen LogP contribution in [0.2, 0.25) is 0 Å². The highest BCUT2D eigenvalue weighted by Crippen LogP contribution is 2.41. The van der Waals surface area contributed by atoms with E-state index < -0.39 is 7.14 Å². The van der Waals surface area contributed by atoms with E-state index >= 15 is 0 Å². The van der Waals surface area contributed by atoms with E-state index in [4.69, 9.17) is 4.74 Å². The van der Waals surface area contributed by atoms with Crippen molar-refractivity contribution in [2.45, 2.75) is 6.54 Å². The average Bonchev–Trinajstić information content (AvgIpc) is 2.70. The quantitative estimate of drug-likeness (QED) is 0.659. The molecule has 0 saturated carbocycles. The molecule has 0 aliphatic heterocycles. The summed E-state index contributed by atoms with van der Waals surface area (Å²) in [7, 11) is -1.06. The van der Waals surface area contributed by atoms with Gasteiger partial charge in [0, 0.05) is 17.2 Å². The zero-order valence-corrected chi connectivity index (χ0v) is 15.2. The molecule has 0 unspecified atom stereocenters. The molecular formula is C21H22NO2P. The maximum atomic E-state index is 13.8. The molecule has 0 heterocycles. The standard InChI is InChI=1S/C21H22NO2P/c1-24-19-14-12-18(13-15-19)16-22-17-25(23,20-8-4-2-5-9-20)21-10-6-3-7-11-21/h2-15,22H,16-17H2,1H3. The smallest absolute Gasteiger partial charge is 0.156 e. The van der Waals surface area contributed by atoms with E-state index in [9.17, 15) is 4.57 Å². The SMILES string of the molecule is COc1ccc(CNCP(=O)(c2ccccc2)c2ccccc2)cc1. The number of benzene rings is 3. The molecule has 0 aliphatic rings. The first kappa shape index (κ1) is 17.5. The highest BCUT2D eigenvalue weighted by molar-refractivity contribution is 7.78. The molecule has 0 bridgehead atoms. The van der Waals surface area contributed by atoms with Crippen molar-refractivity contribution in [3.63, 3.8) is 0 Å². The molecule has 3 rings (SSSR count). The van der Waals surface area contributed by atoms with Crippen LogP contribution in [0.15, 0.2) is 84.9 Å². The lowest BCUT2D eigenvalue weighted by Gasteiger charge is -2.20. The van der Waals surface area contributed by atoms with E-state index in [1.807, 2.05) is 84.9 Å². The molecule has 0 amide bonds. The summed E-state index contributed by atoms with van der Waals surface area (Å²) in [5.41, 5.74) is 1.13. The number of rotatable bonds is 7. The van der Waals surface area contributed by atoms with Crippen molar-refractivity contribution < 1.29 is 9.30 Å². The number of nitrogens with one attached hydrogen (secondary N) is 1. The van der Waals surface area contributed by atoms with Gasteiger partial charge in [0.25, 0.3) is 0 Å². The first-order valence-corrected chi connectivity index (χ1v) is 10.2. The van der Waals surface area contributed by atoms with Crippen molar-refractivity contribution >= 4 is 17.8 Å². The van der Waals surface area contributed by atoms with Gasteiger partial charge >= 0.3 is 0 Å². The van der Waals surface area contributed by atoms with Crippen molar-refractivity contribution in [3.8, 4) is 5.75 Å². The maximum Gasteiger partial charge on any atom is 0.156 e. The summed E-state index contributed by atoms with van der Waals surface area (Å²) in [5.74, 6) is 0.836. The van der Waals surface area contributed by atoms with Crippen LogP contribution in [0.25, 0.3) is 0 Å². The lowest BCUT2D eigenvalue weighted by molar-refractivity contribution is 0.414. The minimum Gasteiger partial charge on any atom is -0.497 e. The fourth-order valence-electron chi connectivity index (χ4n) is 2.77. The summed E-state index contributed by atoms with van der Waals surface area (Å²) >= 11 is 0. The normalized spacial score (nSPS) is 11.2. The highest BCUT2D eigenvalue weighted by Gasteiger charge is 2.26. The molecule has 128 valence electrons. The topological polar surface area (TPSA) is 38.3 Å². The fraction of sp³-hybridized carbons (Fsp3) is 0.143. The van der Waals surface area contributed by atoms with Crippen LogP contribution in [0.1, 0.15) is 5.56 Å². The van der Waals surface area contributed by atoms with Crippen LogP contribution in [0.5, 0.6) is 5.75 Å². The summed E-state index contributed by atoms with van der Waals surface area (Å²) in [4.78, 5) is 0. The third-order valence-corrected chi connectivity index (χ3v) is 7.10. The minimum atomic E-state index is -2.71. The van der Waals surface area contributed by atoms with Crippen LogP contribution in [-0.2, 0) is 11.1 Å². The van der Waals surface area contributed by atoms with E-state index in [1.165, 1.54) is 0 Å². The molecule has 3 aromatic carbocycles. The second-order valence-electron chi connectivity index (χ2n) is 5.84. The summed E-state index contributed by atoms with van der Waals surface area (Å²) < 4.78 is 19.0. The molecule has 0 atom stereocenters. The zero-order chi connectivity index (χ0) is 17.5. The Morgan fingerprint density at radius 3 is 1.80 bits per heavy atom. The monoisotopic (exact) mass is 351 g/mol. The molecule has 0 aromatic heterocycles. The van der Waals surface area contributed by atoms with Gasteiger partial charge in [0.1, 0.15) is 5.75 Å². The number of hydrogen-bond acceptors (Lipinski definition) is 3. The van der Waals surface area contributed by atoms with E-state index in [2.05, 4.69) is 5.32 Å². The second kappa shape index (κ2) is 8.15. The number of hydrogen-bond donors (Lipinski definition) is 1. The molecule has 0 spiro atoms. The molecular weight excluding hydrogens is 329 g/mol. The van der Waals surface area contributed by atoms with E-state index in [0.717, 1.165) is 21.9 Å². The van der Waals surface area contributed by atoms with Gasteiger partial charge in [-0.2, -0.15) is 0 Å². The van der Waals surface area contributed by atoms with Crippen LogP contribution < -0.4 is 20.7 Å². The van der Waals surface area contributed by atoms with Crippen LogP contribution in [0.4, 0.5) is 0 Å². The second-order valence-corrected chi connectivity index (χ2v) is 8.67. The van der Waals surface area contributed by atoms with Crippen molar-refractivity contribution in [3.05, 3.63) is 90.5 Å². The Hall–Kier alpha value is -2.35. The van der Waals surface area contributed by atoms with Gasteiger partial charge in [-0.05, 0) is 17.7 Å². The van der Waals surface area contributed by atoms with Gasteiger partial charge in [-0.3, -0.25) is 0 Å². The Morgan fingerprint density at radius 1 is 0.800 bits per heavy atom. The Kier molecular flexibility index (Phi) is 5.70. The zero-order valence-electron chi connectivity index (χ0n) is 14.3. The molecule has 0 fully saturated rings. The Morgan fingerprint density at radius 2 is 1.32 bits per heavy atom. The molecule has 1 N–H and O–H groups in total. The predicted molar refractivity (Wildman–Crippen MR) is 104 cm³/mol. The molecule has 3 nitrogen and oxygen atoms in total. The molecule has 0 radical (unpaired) electrons. The van der Waals surface area contributed by atoms with Crippen molar-refractivity contribution in [2.75, 3.05) is 13.4 Å². The van der Waals surface area contributed by atoms with Gasteiger partial charge in [-0.25, -0.2) is 0 Å². The van der Waals surface area contributed by atoms with Gasteiger partial charge in [-0.1, -0.05) is 72.8 Å². The number of ether oxygens (including phenoxy) is 1. The van der Waals surface area contributed by atoms with Crippen LogP contribution in [0.3, 0.4) is 0 Å². The van der Waals surface area contributed by atoms with Crippen molar-refractivity contribution in [1.82, 2.24) is 5.32 Å². The molecule has 3 aromatic rings. The summed E-state index contributed by atoms with van der Waals surface area (Å²) in [6, 6.07) is 27.3. The largest absolute Gasteiger partial charge is 0.497 e. The van der Waals surface area contributed by atoms with Gasteiger partial charge in [0.15, 0.2) is 7.14 Å². The summed E-state index contributed by atoms with van der Waals surface area (Å²) in [5, 5.41) is 5.13. The Balaban J connectivity index is 1.78. The lowest BCUT2D eigenvalue weighted by atomic mass is 10.2. The van der Waals surface area contributed by atoms with Crippen LogP contribution in [-0.4, -0.2) is 13.4 Å². The predicted octanol–water partition coefficient (Wildman–Crippen LogP) is 3.76. The van der Waals surface area contributed by atoms with Gasteiger partial charge in [-0.15, -0.1) is 0 Å². The van der Waals surface area contributed by atoms with Crippen molar-refractivity contribution in [2.24, 2.45) is 0 Å². The van der Waals surface area contributed by atoms with E-state index in [1.54, 1.807) is 7.11 Å². The van der Waals surface area contributed by atoms with Gasteiger partial charge in [0.05, 0.1) is 13.4 Å². The molecule has 25 heavy (non-hydrogen) atoms. The Labute approximate surface area is 149 Å². The van der Waals surface area contributed by atoms with Crippen LogP contribution >= 0.6 is 7.14 Å².